The van der Waals surface area contributed by atoms with E-state index < -0.39 is 0 Å². The molecule has 0 radical (unpaired) electrons. The molecule has 0 spiro atoms. The van der Waals surface area contributed by atoms with Gasteiger partial charge >= 0.3 is 0 Å². The van der Waals surface area contributed by atoms with Gasteiger partial charge in [0.05, 0.1) is 11.6 Å². The summed E-state index contributed by atoms with van der Waals surface area (Å²) in [4.78, 5) is 0. The second-order valence-corrected chi connectivity index (χ2v) is 4.21. The maximum atomic E-state index is 8.86. The molecule has 0 amide bonds. The molecule has 1 aromatic carbocycles. The molecule has 1 saturated heterocycles. The lowest BCUT2D eigenvalue weighted by molar-refractivity contribution is 0.460. The lowest BCUT2D eigenvalue weighted by Gasteiger charge is -2.23. The van der Waals surface area contributed by atoms with Crippen molar-refractivity contribution in [2.45, 2.75) is 25.7 Å². The van der Waals surface area contributed by atoms with Crippen LogP contribution in [-0.4, -0.2) is 13.1 Å². The van der Waals surface area contributed by atoms with E-state index in [0.717, 1.165) is 24.2 Å². The van der Waals surface area contributed by atoms with Crippen molar-refractivity contribution in [2.75, 3.05) is 13.1 Å². The van der Waals surface area contributed by atoms with Crippen LogP contribution >= 0.6 is 0 Å². The molecule has 78 valence electrons. The zero-order valence-electron chi connectivity index (χ0n) is 9.09. The minimum absolute atomic E-state index is 0.678. The zero-order valence-corrected chi connectivity index (χ0v) is 9.09. The van der Waals surface area contributed by atoms with E-state index in [9.17, 15) is 0 Å². The average Bonchev–Trinajstić information content (AvgIpc) is 2.30. The van der Waals surface area contributed by atoms with Crippen LogP contribution in [0.25, 0.3) is 0 Å². The van der Waals surface area contributed by atoms with Crippen molar-refractivity contribution in [3.8, 4) is 6.07 Å². The number of piperidine rings is 1. The summed E-state index contributed by atoms with van der Waals surface area (Å²) in [6.07, 6.45) is 2.43. The van der Waals surface area contributed by atoms with Crippen LogP contribution in [0.3, 0.4) is 0 Å². The second-order valence-electron chi connectivity index (χ2n) is 4.21. The van der Waals surface area contributed by atoms with Gasteiger partial charge in [0.2, 0.25) is 0 Å². The van der Waals surface area contributed by atoms with E-state index in [1.807, 2.05) is 13.0 Å². The Labute approximate surface area is 90.9 Å². The molecular formula is C13H16N2. The Hall–Kier alpha value is -1.33. The number of nitrogens with one attached hydrogen (secondary N) is 1. The number of hydrogen-bond acceptors (Lipinski definition) is 2. The van der Waals surface area contributed by atoms with E-state index in [1.54, 1.807) is 0 Å². The normalized spacial score (nSPS) is 17.3. The standard InChI is InChI=1S/C13H16N2/c1-10-8-12(2-3-13(10)9-14)11-4-6-15-7-5-11/h2-3,8,11,15H,4-7H2,1H3. The van der Waals surface area contributed by atoms with E-state index in [4.69, 9.17) is 5.26 Å². The van der Waals surface area contributed by atoms with Gasteiger partial charge in [-0.2, -0.15) is 5.26 Å². The summed E-state index contributed by atoms with van der Waals surface area (Å²) in [5, 5.41) is 12.2. The number of aryl methyl sites for hydroxylation is 1. The number of nitriles is 1. The number of hydrogen-bond donors (Lipinski definition) is 1. The molecule has 0 bridgehead atoms. The summed E-state index contributed by atoms with van der Waals surface area (Å²) in [6.45, 7) is 4.25. The summed E-state index contributed by atoms with van der Waals surface area (Å²) in [7, 11) is 0. The molecule has 1 N–H and O–H groups in total. The molecule has 2 rings (SSSR count). The average molecular weight is 200 g/mol. The topological polar surface area (TPSA) is 35.8 Å². The van der Waals surface area contributed by atoms with Crippen molar-refractivity contribution in [3.63, 3.8) is 0 Å². The van der Waals surface area contributed by atoms with Crippen LogP contribution in [0.1, 0.15) is 35.4 Å². The largest absolute Gasteiger partial charge is 0.317 e. The Morgan fingerprint density at radius 3 is 2.67 bits per heavy atom. The molecule has 1 fully saturated rings. The predicted molar refractivity (Wildman–Crippen MR) is 60.7 cm³/mol. The van der Waals surface area contributed by atoms with Crippen molar-refractivity contribution in [3.05, 3.63) is 34.9 Å². The first-order valence-electron chi connectivity index (χ1n) is 5.52. The van der Waals surface area contributed by atoms with E-state index in [-0.39, 0.29) is 0 Å². The molecule has 2 nitrogen and oxygen atoms in total. The van der Waals surface area contributed by atoms with Crippen LogP contribution in [0.15, 0.2) is 18.2 Å². The van der Waals surface area contributed by atoms with Crippen LogP contribution in [0.4, 0.5) is 0 Å². The van der Waals surface area contributed by atoms with E-state index in [0.29, 0.717) is 5.92 Å². The van der Waals surface area contributed by atoms with Crippen LogP contribution in [0, 0.1) is 18.3 Å². The Morgan fingerprint density at radius 2 is 2.07 bits per heavy atom. The van der Waals surface area contributed by atoms with E-state index >= 15 is 0 Å². The van der Waals surface area contributed by atoms with Gasteiger partial charge in [-0.15, -0.1) is 0 Å². The molecule has 1 heterocycles. The summed E-state index contributed by atoms with van der Waals surface area (Å²) in [5.74, 6) is 0.678. The highest BCUT2D eigenvalue weighted by atomic mass is 14.9. The Balaban J connectivity index is 2.22. The van der Waals surface area contributed by atoms with Gasteiger partial charge in [0.15, 0.2) is 0 Å². The smallest absolute Gasteiger partial charge is 0.0994 e. The van der Waals surface area contributed by atoms with E-state index in [2.05, 4.69) is 23.5 Å². The first kappa shape index (κ1) is 10.2. The Kier molecular flexibility index (Phi) is 3.03. The highest BCUT2D eigenvalue weighted by Crippen LogP contribution is 2.26. The summed E-state index contributed by atoms with van der Waals surface area (Å²) >= 11 is 0. The third kappa shape index (κ3) is 2.19. The minimum atomic E-state index is 0.678. The molecule has 1 aromatic rings. The van der Waals surface area contributed by atoms with Crippen molar-refractivity contribution < 1.29 is 0 Å². The van der Waals surface area contributed by atoms with Gasteiger partial charge < -0.3 is 5.32 Å². The van der Waals surface area contributed by atoms with Crippen molar-refractivity contribution in [1.82, 2.24) is 5.32 Å². The number of rotatable bonds is 1. The van der Waals surface area contributed by atoms with Gasteiger partial charge in [-0.05, 0) is 56.0 Å². The molecule has 2 heteroatoms. The minimum Gasteiger partial charge on any atom is -0.317 e. The highest BCUT2D eigenvalue weighted by Gasteiger charge is 2.15. The molecule has 15 heavy (non-hydrogen) atoms. The zero-order chi connectivity index (χ0) is 10.7. The molecule has 1 aliphatic rings. The van der Waals surface area contributed by atoms with Crippen LogP contribution < -0.4 is 5.32 Å². The van der Waals surface area contributed by atoms with Gasteiger partial charge in [-0.1, -0.05) is 12.1 Å². The lowest BCUT2D eigenvalue weighted by atomic mass is 9.88. The molecule has 0 atom stereocenters. The first-order chi connectivity index (χ1) is 7.31. The quantitative estimate of drug-likeness (QED) is 0.755. The summed E-state index contributed by atoms with van der Waals surface area (Å²) in [6, 6.07) is 8.45. The van der Waals surface area contributed by atoms with Gasteiger partial charge in [0, 0.05) is 0 Å². The highest BCUT2D eigenvalue weighted by molar-refractivity contribution is 5.40. The predicted octanol–water partition coefficient (Wildman–Crippen LogP) is 2.33. The third-order valence-corrected chi connectivity index (χ3v) is 3.18. The van der Waals surface area contributed by atoms with Crippen LogP contribution in [0.5, 0.6) is 0 Å². The number of benzene rings is 1. The molecular weight excluding hydrogens is 184 g/mol. The fourth-order valence-electron chi connectivity index (χ4n) is 2.22. The maximum Gasteiger partial charge on any atom is 0.0994 e. The Morgan fingerprint density at radius 1 is 1.33 bits per heavy atom. The SMILES string of the molecule is Cc1cc(C2CCNCC2)ccc1C#N. The maximum absolute atomic E-state index is 8.86. The summed E-state index contributed by atoms with van der Waals surface area (Å²) in [5.41, 5.74) is 3.30. The Bertz CT molecular complexity index is 384. The number of nitrogens with zero attached hydrogens (tertiary/aromatic N) is 1. The fourth-order valence-corrected chi connectivity index (χ4v) is 2.22. The summed E-state index contributed by atoms with van der Waals surface area (Å²) < 4.78 is 0. The van der Waals surface area contributed by atoms with Gasteiger partial charge in [0.1, 0.15) is 0 Å². The molecule has 0 saturated carbocycles. The van der Waals surface area contributed by atoms with Crippen molar-refractivity contribution in [2.24, 2.45) is 0 Å². The van der Waals surface area contributed by atoms with Crippen molar-refractivity contribution in [1.29, 1.82) is 5.26 Å². The second kappa shape index (κ2) is 4.46. The first-order valence-corrected chi connectivity index (χ1v) is 5.52. The molecule has 0 unspecified atom stereocenters. The van der Waals surface area contributed by atoms with E-state index in [1.165, 1.54) is 18.4 Å². The van der Waals surface area contributed by atoms with Crippen molar-refractivity contribution >= 4 is 0 Å². The van der Waals surface area contributed by atoms with Gasteiger partial charge in [-0.25, -0.2) is 0 Å². The van der Waals surface area contributed by atoms with Crippen LogP contribution in [-0.2, 0) is 0 Å². The van der Waals surface area contributed by atoms with Gasteiger partial charge in [-0.3, -0.25) is 0 Å². The van der Waals surface area contributed by atoms with Crippen LogP contribution in [0.2, 0.25) is 0 Å². The lowest BCUT2D eigenvalue weighted by Crippen LogP contribution is -2.26. The van der Waals surface area contributed by atoms with Gasteiger partial charge in [0.25, 0.3) is 0 Å². The molecule has 1 aliphatic heterocycles. The monoisotopic (exact) mass is 200 g/mol. The third-order valence-electron chi connectivity index (χ3n) is 3.18. The molecule has 0 aliphatic carbocycles. The molecule has 0 aromatic heterocycles. The fraction of sp³-hybridized carbons (Fsp3) is 0.462.